The molecular weight excluding hydrogens is 214 g/mol. The molecule has 0 saturated heterocycles. The van der Waals surface area contributed by atoms with Gasteiger partial charge < -0.3 is 5.32 Å². The van der Waals surface area contributed by atoms with Crippen LogP contribution in [0.25, 0.3) is 10.1 Å². The third-order valence-electron chi connectivity index (χ3n) is 2.63. The Kier molecular flexibility index (Phi) is 4.14. The second-order valence-electron chi connectivity index (χ2n) is 3.82. The number of hydrogen-bond donors (Lipinski definition) is 1. The summed E-state index contributed by atoms with van der Waals surface area (Å²) in [6.07, 6.45) is 6.68. The zero-order valence-electron chi connectivity index (χ0n) is 9.57. The Bertz CT molecular complexity index is 470. The van der Waals surface area contributed by atoms with Crippen LogP contribution in [0.2, 0.25) is 0 Å². The molecule has 2 rings (SSSR count). The molecule has 1 heterocycles. The van der Waals surface area contributed by atoms with Crippen molar-refractivity contribution in [1.82, 2.24) is 5.32 Å². The summed E-state index contributed by atoms with van der Waals surface area (Å²) in [7, 11) is 1.99. The van der Waals surface area contributed by atoms with Gasteiger partial charge in [-0.1, -0.05) is 30.4 Å². The molecule has 1 aromatic heterocycles. The quantitative estimate of drug-likeness (QED) is 0.612. The number of nitrogens with one attached hydrogen (secondary N) is 1. The van der Waals surface area contributed by atoms with Gasteiger partial charge in [-0.15, -0.1) is 11.3 Å². The average molecular weight is 231 g/mol. The first-order chi connectivity index (χ1) is 7.92. The molecule has 1 nitrogen and oxygen atoms in total. The van der Waals surface area contributed by atoms with E-state index in [1.165, 1.54) is 15.6 Å². The predicted octanol–water partition coefficient (Wildman–Crippen LogP) is 3.61. The van der Waals surface area contributed by atoms with Crippen molar-refractivity contribution in [2.24, 2.45) is 0 Å². The number of benzene rings is 1. The smallest absolute Gasteiger partial charge is 0.0345 e. The van der Waals surface area contributed by atoms with Crippen molar-refractivity contribution in [3.63, 3.8) is 0 Å². The van der Waals surface area contributed by atoms with Crippen molar-refractivity contribution >= 4 is 21.4 Å². The molecule has 2 aromatic rings. The van der Waals surface area contributed by atoms with Crippen LogP contribution in [0.1, 0.15) is 12.0 Å². The Morgan fingerprint density at radius 2 is 2.12 bits per heavy atom. The van der Waals surface area contributed by atoms with Gasteiger partial charge in [0.15, 0.2) is 0 Å². The van der Waals surface area contributed by atoms with Crippen molar-refractivity contribution in [3.8, 4) is 0 Å². The molecular formula is C14H17NS. The topological polar surface area (TPSA) is 12.0 Å². The number of thiophene rings is 1. The highest BCUT2D eigenvalue weighted by atomic mass is 32.1. The van der Waals surface area contributed by atoms with E-state index >= 15 is 0 Å². The first-order valence-corrected chi connectivity index (χ1v) is 6.54. The van der Waals surface area contributed by atoms with E-state index in [9.17, 15) is 0 Å². The van der Waals surface area contributed by atoms with Crippen LogP contribution in [0.15, 0.2) is 41.8 Å². The Balaban J connectivity index is 2.01. The molecule has 16 heavy (non-hydrogen) atoms. The molecule has 1 aromatic carbocycles. The fourth-order valence-electron chi connectivity index (χ4n) is 1.75. The normalized spacial score (nSPS) is 11.6. The van der Waals surface area contributed by atoms with Crippen LogP contribution < -0.4 is 5.32 Å². The summed E-state index contributed by atoms with van der Waals surface area (Å²) in [6.45, 7) is 1.06. The molecule has 2 heteroatoms. The maximum absolute atomic E-state index is 3.14. The summed E-state index contributed by atoms with van der Waals surface area (Å²) in [6, 6.07) is 8.62. The molecule has 0 fully saturated rings. The maximum atomic E-state index is 3.14. The molecule has 0 bridgehead atoms. The monoisotopic (exact) mass is 231 g/mol. The number of hydrogen-bond acceptors (Lipinski definition) is 2. The molecule has 0 spiro atoms. The minimum absolute atomic E-state index is 1.05. The fourth-order valence-corrected chi connectivity index (χ4v) is 2.72. The lowest BCUT2D eigenvalue weighted by molar-refractivity contribution is 0.806. The van der Waals surface area contributed by atoms with Gasteiger partial charge in [0, 0.05) is 4.70 Å². The molecule has 0 aliphatic heterocycles. The van der Waals surface area contributed by atoms with Gasteiger partial charge in [0.2, 0.25) is 0 Å². The van der Waals surface area contributed by atoms with Gasteiger partial charge in [-0.3, -0.25) is 0 Å². The van der Waals surface area contributed by atoms with Gasteiger partial charge in [0.05, 0.1) is 0 Å². The van der Waals surface area contributed by atoms with E-state index in [2.05, 4.69) is 47.1 Å². The summed E-state index contributed by atoms with van der Waals surface area (Å²) < 4.78 is 1.39. The van der Waals surface area contributed by atoms with Gasteiger partial charge in [0.25, 0.3) is 0 Å². The second-order valence-corrected chi connectivity index (χ2v) is 4.74. The lowest BCUT2D eigenvalue weighted by atomic mass is 10.1. The standard InChI is InChI=1S/C14H17NS/c1-15-10-6-2-3-7-12-11-16-14-9-5-4-8-13(12)14/h2-5,8-9,11,15H,6-7,10H2,1H3. The molecule has 0 radical (unpaired) electrons. The molecule has 0 amide bonds. The largest absolute Gasteiger partial charge is 0.319 e. The van der Waals surface area contributed by atoms with E-state index < -0.39 is 0 Å². The van der Waals surface area contributed by atoms with Crippen LogP contribution in [0.4, 0.5) is 0 Å². The van der Waals surface area contributed by atoms with Gasteiger partial charge in [-0.05, 0) is 48.8 Å². The van der Waals surface area contributed by atoms with E-state index in [1.807, 2.05) is 18.4 Å². The highest BCUT2D eigenvalue weighted by Gasteiger charge is 2.00. The van der Waals surface area contributed by atoms with Crippen LogP contribution in [0.3, 0.4) is 0 Å². The first kappa shape index (κ1) is 11.4. The SMILES string of the molecule is CNCCC=CCc1csc2ccccc12. The Morgan fingerprint density at radius 1 is 1.25 bits per heavy atom. The molecule has 0 aliphatic carbocycles. The van der Waals surface area contributed by atoms with Crippen LogP contribution in [0.5, 0.6) is 0 Å². The highest BCUT2D eigenvalue weighted by Crippen LogP contribution is 2.25. The third-order valence-corrected chi connectivity index (χ3v) is 3.64. The number of allylic oxidation sites excluding steroid dienone is 1. The summed E-state index contributed by atoms with van der Waals surface area (Å²) in [5.41, 5.74) is 1.45. The Hall–Kier alpha value is -1.12. The molecule has 84 valence electrons. The number of fused-ring (bicyclic) bond motifs is 1. The van der Waals surface area contributed by atoms with Crippen LogP contribution in [-0.4, -0.2) is 13.6 Å². The molecule has 1 N–H and O–H groups in total. The van der Waals surface area contributed by atoms with Crippen molar-refractivity contribution in [2.45, 2.75) is 12.8 Å². The molecule has 0 unspecified atom stereocenters. The third kappa shape index (κ3) is 2.71. The van der Waals surface area contributed by atoms with Gasteiger partial charge >= 0.3 is 0 Å². The minimum Gasteiger partial charge on any atom is -0.319 e. The van der Waals surface area contributed by atoms with E-state index in [-0.39, 0.29) is 0 Å². The lowest BCUT2D eigenvalue weighted by Gasteiger charge is -1.94. The second kappa shape index (κ2) is 5.83. The van der Waals surface area contributed by atoms with Crippen LogP contribution in [0, 0.1) is 0 Å². The molecule has 0 saturated carbocycles. The molecule has 0 atom stereocenters. The highest BCUT2D eigenvalue weighted by molar-refractivity contribution is 7.17. The summed E-state index contributed by atoms with van der Waals surface area (Å²) in [5.74, 6) is 0. The van der Waals surface area contributed by atoms with Crippen molar-refractivity contribution in [1.29, 1.82) is 0 Å². The Morgan fingerprint density at radius 3 is 3.00 bits per heavy atom. The van der Waals surface area contributed by atoms with E-state index in [1.54, 1.807) is 0 Å². The zero-order valence-corrected chi connectivity index (χ0v) is 10.4. The molecule has 0 aliphatic rings. The fraction of sp³-hybridized carbons (Fsp3) is 0.286. The van der Waals surface area contributed by atoms with Crippen molar-refractivity contribution in [2.75, 3.05) is 13.6 Å². The average Bonchev–Trinajstić information content (AvgIpc) is 2.73. The number of rotatable bonds is 5. The van der Waals surface area contributed by atoms with Gasteiger partial charge in [-0.2, -0.15) is 0 Å². The Labute approximate surface area is 101 Å². The zero-order chi connectivity index (χ0) is 11.2. The van der Waals surface area contributed by atoms with Crippen molar-refractivity contribution in [3.05, 3.63) is 47.4 Å². The first-order valence-electron chi connectivity index (χ1n) is 5.66. The summed E-state index contributed by atoms with van der Waals surface area (Å²) >= 11 is 1.84. The van der Waals surface area contributed by atoms with Gasteiger partial charge in [0.1, 0.15) is 0 Å². The van der Waals surface area contributed by atoms with Crippen LogP contribution >= 0.6 is 11.3 Å². The van der Waals surface area contributed by atoms with E-state index in [4.69, 9.17) is 0 Å². The summed E-state index contributed by atoms with van der Waals surface area (Å²) in [5, 5.41) is 6.82. The van der Waals surface area contributed by atoms with Crippen molar-refractivity contribution < 1.29 is 0 Å². The van der Waals surface area contributed by atoms with Crippen LogP contribution in [-0.2, 0) is 6.42 Å². The lowest BCUT2D eigenvalue weighted by Crippen LogP contribution is -2.05. The van der Waals surface area contributed by atoms with E-state index in [0.717, 1.165) is 19.4 Å². The predicted molar refractivity (Wildman–Crippen MR) is 73.2 cm³/mol. The van der Waals surface area contributed by atoms with Gasteiger partial charge in [-0.25, -0.2) is 0 Å². The van der Waals surface area contributed by atoms with E-state index in [0.29, 0.717) is 0 Å². The maximum Gasteiger partial charge on any atom is 0.0345 e. The summed E-state index contributed by atoms with van der Waals surface area (Å²) in [4.78, 5) is 0. The minimum atomic E-state index is 1.05.